The van der Waals surface area contributed by atoms with Crippen LogP contribution in [-0.2, 0) is 4.79 Å². The smallest absolute Gasteiger partial charge is 0.251 e. The highest BCUT2D eigenvalue weighted by atomic mass is 16.5. The van der Waals surface area contributed by atoms with E-state index in [1.165, 1.54) is 0 Å². The molecule has 2 aromatic carbocycles. The highest BCUT2D eigenvalue weighted by Crippen LogP contribution is 2.20. The average molecular weight is 368 g/mol. The van der Waals surface area contributed by atoms with Crippen LogP contribution in [0.2, 0.25) is 0 Å². The van der Waals surface area contributed by atoms with E-state index >= 15 is 0 Å². The molecule has 0 heterocycles. The molecule has 27 heavy (non-hydrogen) atoms. The number of methoxy groups -OCH3 is 1. The van der Waals surface area contributed by atoms with Crippen LogP contribution in [0.25, 0.3) is 0 Å². The molecular weight excluding hydrogens is 344 g/mol. The third kappa shape index (κ3) is 6.02. The molecule has 3 rings (SSSR count). The summed E-state index contributed by atoms with van der Waals surface area (Å²) >= 11 is 0. The van der Waals surface area contributed by atoms with E-state index in [9.17, 15) is 9.59 Å². The number of rotatable bonds is 9. The van der Waals surface area contributed by atoms with E-state index in [0.29, 0.717) is 36.7 Å². The fourth-order valence-electron chi connectivity index (χ4n) is 2.52. The number of carbonyl (C=O) groups is 2. The molecule has 2 aromatic rings. The number of anilines is 1. The SMILES string of the molecule is COc1ccc(OCCCC(=O)Nc2ccc(C(=O)NC3CC3)cc2)cc1. The second-order valence-electron chi connectivity index (χ2n) is 6.50. The number of amides is 2. The van der Waals surface area contributed by atoms with Crippen LogP contribution in [-0.4, -0.2) is 31.6 Å². The zero-order valence-electron chi connectivity index (χ0n) is 15.4. The molecule has 0 aromatic heterocycles. The van der Waals surface area contributed by atoms with Gasteiger partial charge in [0, 0.05) is 23.7 Å². The Hall–Kier alpha value is -3.02. The lowest BCUT2D eigenvalue weighted by molar-refractivity contribution is -0.116. The quantitative estimate of drug-likeness (QED) is 0.665. The van der Waals surface area contributed by atoms with Gasteiger partial charge in [-0.3, -0.25) is 9.59 Å². The molecule has 2 amide bonds. The summed E-state index contributed by atoms with van der Waals surface area (Å²) in [5, 5.41) is 5.77. The fourth-order valence-corrected chi connectivity index (χ4v) is 2.52. The minimum Gasteiger partial charge on any atom is -0.497 e. The zero-order chi connectivity index (χ0) is 19.1. The van der Waals surface area contributed by atoms with Gasteiger partial charge in [-0.05, 0) is 67.8 Å². The van der Waals surface area contributed by atoms with Crippen LogP contribution >= 0.6 is 0 Å². The summed E-state index contributed by atoms with van der Waals surface area (Å²) in [5.74, 6) is 1.38. The van der Waals surface area contributed by atoms with Crippen LogP contribution in [0.15, 0.2) is 48.5 Å². The number of hydrogen-bond acceptors (Lipinski definition) is 4. The lowest BCUT2D eigenvalue weighted by Crippen LogP contribution is -2.25. The minimum atomic E-state index is -0.0801. The third-order valence-electron chi connectivity index (χ3n) is 4.22. The maximum atomic E-state index is 12.0. The van der Waals surface area contributed by atoms with Crippen LogP contribution in [0.5, 0.6) is 11.5 Å². The topological polar surface area (TPSA) is 76.7 Å². The average Bonchev–Trinajstić information content (AvgIpc) is 3.50. The highest BCUT2D eigenvalue weighted by Gasteiger charge is 2.23. The molecule has 0 unspecified atom stereocenters. The number of benzene rings is 2. The van der Waals surface area contributed by atoms with Gasteiger partial charge in [0.15, 0.2) is 0 Å². The summed E-state index contributed by atoms with van der Waals surface area (Å²) in [6.07, 6.45) is 3.09. The van der Waals surface area contributed by atoms with Gasteiger partial charge in [0.2, 0.25) is 5.91 Å². The molecule has 6 nitrogen and oxygen atoms in total. The van der Waals surface area contributed by atoms with Crippen molar-refractivity contribution in [1.29, 1.82) is 0 Å². The standard InChI is InChI=1S/C21H24N2O4/c1-26-18-10-12-19(13-11-18)27-14-2-3-20(24)22-16-6-4-15(5-7-16)21(25)23-17-8-9-17/h4-7,10-13,17H,2-3,8-9,14H2,1H3,(H,22,24)(H,23,25). The molecule has 1 fully saturated rings. The van der Waals surface area contributed by atoms with Gasteiger partial charge in [-0.1, -0.05) is 0 Å². The highest BCUT2D eigenvalue weighted by molar-refractivity contribution is 5.96. The van der Waals surface area contributed by atoms with Crippen LogP contribution in [0.1, 0.15) is 36.0 Å². The van der Waals surface area contributed by atoms with Crippen molar-refractivity contribution in [3.8, 4) is 11.5 Å². The molecule has 0 bridgehead atoms. The lowest BCUT2D eigenvalue weighted by atomic mass is 10.2. The maximum absolute atomic E-state index is 12.0. The second kappa shape index (κ2) is 9.07. The molecular formula is C21H24N2O4. The molecule has 0 radical (unpaired) electrons. The summed E-state index contributed by atoms with van der Waals surface area (Å²) in [7, 11) is 1.62. The summed E-state index contributed by atoms with van der Waals surface area (Å²) in [6.45, 7) is 0.458. The van der Waals surface area contributed by atoms with E-state index < -0.39 is 0 Å². The summed E-state index contributed by atoms with van der Waals surface area (Å²) in [6, 6.07) is 14.6. The summed E-state index contributed by atoms with van der Waals surface area (Å²) < 4.78 is 10.7. The number of nitrogens with one attached hydrogen (secondary N) is 2. The van der Waals surface area contributed by atoms with Crippen LogP contribution in [0.3, 0.4) is 0 Å². The predicted molar refractivity (Wildman–Crippen MR) is 103 cm³/mol. The van der Waals surface area contributed by atoms with Gasteiger partial charge in [-0.25, -0.2) is 0 Å². The number of carbonyl (C=O) groups excluding carboxylic acids is 2. The Kier molecular flexibility index (Phi) is 6.30. The molecule has 6 heteroatoms. The molecule has 0 spiro atoms. The third-order valence-corrected chi connectivity index (χ3v) is 4.22. The summed E-state index contributed by atoms with van der Waals surface area (Å²) in [5.41, 5.74) is 1.28. The predicted octanol–water partition coefficient (Wildman–Crippen LogP) is 3.39. The van der Waals surface area contributed by atoms with Gasteiger partial charge in [0.05, 0.1) is 13.7 Å². The molecule has 1 aliphatic rings. The second-order valence-corrected chi connectivity index (χ2v) is 6.50. The van der Waals surface area contributed by atoms with E-state index in [4.69, 9.17) is 9.47 Å². The van der Waals surface area contributed by atoms with Gasteiger partial charge in [-0.15, -0.1) is 0 Å². The van der Waals surface area contributed by atoms with Gasteiger partial charge >= 0.3 is 0 Å². The molecule has 1 saturated carbocycles. The van der Waals surface area contributed by atoms with Crippen LogP contribution in [0, 0.1) is 0 Å². The van der Waals surface area contributed by atoms with E-state index in [-0.39, 0.29) is 11.8 Å². The first-order valence-electron chi connectivity index (χ1n) is 9.11. The van der Waals surface area contributed by atoms with E-state index in [1.807, 2.05) is 24.3 Å². The Labute approximate surface area is 158 Å². The molecule has 2 N–H and O–H groups in total. The first-order chi connectivity index (χ1) is 13.1. The largest absolute Gasteiger partial charge is 0.497 e. The number of hydrogen-bond donors (Lipinski definition) is 2. The maximum Gasteiger partial charge on any atom is 0.251 e. The molecule has 1 aliphatic carbocycles. The van der Waals surface area contributed by atoms with Gasteiger partial charge in [-0.2, -0.15) is 0 Å². The van der Waals surface area contributed by atoms with E-state index in [1.54, 1.807) is 31.4 Å². The molecule has 142 valence electrons. The first-order valence-corrected chi connectivity index (χ1v) is 9.11. The Balaban J connectivity index is 1.36. The van der Waals surface area contributed by atoms with Crippen LogP contribution < -0.4 is 20.1 Å². The van der Waals surface area contributed by atoms with Crippen molar-refractivity contribution in [1.82, 2.24) is 5.32 Å². The van der Waals surface area contributed by atoms with E-state index in [2.05, 4.69) is 10.6 Å². The van der Waals surface area contributed by atoms with Gasteiger partial charge in [0.25, 0.3) is 5.91 Å². The minimum absolute atomic E-state index is 0.0638. The lowest BCUT2D eigenvalue weighted by Gasteiger charge is -2.08. The van der Waals surface area contributed by atoms with Crippen molar-refractivity contribution >= 4 is 17.5 Å². The Morgan fingerprint density at radius 3 is 2.30 bits per heavy atom. The first kappa shape index (κ1) is 18.8. The zero-order valence-corrected chi connectivity index (χ0v) is 15.4. The van der Waals surface area contributed by atoms with Crippen molar-refractivity contribution in [2.45, 2.75) is 31.7 Å². The van der Waals surface area contributed by atoms with Gasteiger partial charge in [0.1, 0.15) is 11.5 Å². The van der Waals surface area contributed by atoms with Crippen molar-refractivity contribution in [3.05, 3.63) is 54.1 Å². The summed E-state index contributed by atoms with van der Waals surface area (Å²) in [4.78, 5) is 24.0. The Morgan fingerprint density at radius 1 is 1.00 bits per heavy atom. The van der Waals surface area contributed by atoms with Crippen molar-refractivity contribution in [3.63, 3.8) is 0 Å². The molecule has 0 atom stereocenters. The van der Waals surface area contributed by atoms with Gasteiger partial charge < -0.3 is 20.1 Å². The monoisotopic (exact) mass is 368 g/mol. The van der Waals surface area contributed by atoms with E-state index in [0.717, 1.165) is 24.3 Å². The Bertz CT molecular complexity index is 768. The molecule has 0 aliphatic heterocycles. The van der Waals surface area contributed by atoms with Crippen molar-refractivity contribution in [2.75, 3.05) is 19.0 Å². The normalized spacial score (nSPS) is 12.9. The Morgan fingerprint density at radius 2 is 1.67 bits per heavy atom. The fraction of sp³-hybridized carbons (Fsp3) is 0.333. The van der Waals surface area contributed by atoms with Crippen molar-refractivity contribution < 1.29 is 19.1 Å². The van der Waals surface area contributed by atoms with Crippen molar-refractivity contribution in [2.24, 2.45) is 0 Å². The number of ether oxygens (including phenoxy) is 2. The van der Waals surface area contributed by atoms with Crippen LogP contribution in [0.4, 0.5) is 5.69 Å². The molecule has 0 saturated heterocycles.